The number of aromatic nitrogens is 2. The Morgan fingerprint density at radius 3 is 2.33 bits per heavy atom. The number of rotatable bonds is 5. The first kappa shape index (κ1) is 22.7. The highest BCUT2D eigenvalue weighted by atomic mass is 16.5. The quantitative estimate of drug-likeness (QED) is 0.408. The molecule has 1 unspecified atom stereocenters. The summed E-state index contributed by atoms with van der Waals surface area (Å²) in [5, 5.41) is 0. The number of fused-ring (bicyclic) bond motifs is 1. The maximum Gasteiger partial charge on any atom is 0.338 e. The highest BCUT2D eigenvalue weighted by Gasteiger charge is 2.36. The van der Waals surface area contributed by atoms with Crippen LogP contribution >= 0.6 is 0 Å². The van der Waals surface area contributed by atoms with Gasteiger partial charge in [0.25, 0.3) is 0 Å². The second-order valence-electron chi connectivity index (χ2n) is 6.28. The molecule has 0 aliphatic heterocycles. The lowest BCUT2D eigenvalue weighted by Crippen LogP contribution is -2.21. The third-order valence-electron chi connectivity index (χ3n) is 4.53. The predicted octanol–water partition coefficient (Wildman–Crippen LogP) is 1.58. The molecular formula is C21H22N2O7. The number of ether oxygens (including phenoxy) is 3. The molecule has 0 amide bonds. The smallest absolute Gasteiger partial charge is 0.338 e. The Morgan fingerprint density at radius 1 is 1.00 bits per heavy atom. The van der Waals surface area contributed by atoms with Crippen molar-refractivity contribution in [1.82, 2.24) is 9.97 Å². The topological polar surface area (TPSA) is 122 Å². The minimum absolute atomic E-state index is 0.158. The van der Waals surface area contributed by atoms with Crippen LogP contribution in [0.25, 0.3) is 0 Å². The number of ketones is 1. The van der Waals surface area contributed by atoms with Crippen molar-refractivity contribution in [2.24, 2.45) is 5.92 Å². The Bertz CT molecular complexity index is 942. The van der Waals surface area contributed by atoms with E-state index in [1.807, 2.05) is 0 Å². The Balaban J connectivity index is 0.000000215. The molecule has 9 heteroatoms. The minimum Gasteiger partial charge on any atom is -0.469 e. The van der Waals surface area contributed by atoms with Gasteiger partial charge in [-0.05, 0) is 36.1 Å². The molecule has 0 saturated carbocycles. The maximum absolute atomic E-state index is 11.7. The fourth-order valence-corrected chi connectivity index (χ4v) is 2.94. The van der Waals surface area contributed by atoms with Crippen molar-refractivity contribution in [2.75, 3.05) is 21.3 Å². The van der Waals surface area contributed by atoms with E-state index in [1.165, 1.54) is 27.5 Å². The van der Waals surface area contributed by atoms with Crippen LogP contribution < -0.4 is 0 Å². The Morgan fingerprint density at radius 2 is 1.70 bits per heavy atom. The van der Waals surface area contributed by atoms with E-state index in [-0.39, 0.29) is 18.2 Å². The van der Waals surface area contributed by atoms with Gasteiger partial charge >= 0.3 is 17.9 Å². The number of nitrogens with zero attached hydrogens (tertiary/aromatic N) is 2. The molecule has 1 aliphatic carbocycles. The third-order valence-corrected chi connectivity index (χ3v) is 4.53. The van der Waals surface area contributed by atoms with E-state index in [1.54, 1.807) is 30.7 Å². The van der Waals surface area contributed by atoms with Crippen molar-refractivity contribution in [3.63, 3.8) is 0 Å². The summed E-state index contributed by atoms with van der Waals surface area (Å²) in [5.41, 5.74) is 2.53. The first-order chi connectivity index (χ1) is 14.4. The summed E-state index contributed by atoms with van der Waals surface area (Å²) in [6.07, 6.45) is 7.27. The standard InChI is InChI=1S/C11H13NO4.C10H9NO3/c1-15-10(13)4-3-8-7-12-6-5-9(8)11(14)16-2;1-14-10(13)8-4-6-5-11-3-2-7(6)9(8)12/h5-7H,3-4H2,1-2H3;2-3,5,8H,4H2,1H3. The zero-order valence-electron chi connectivity index (χ0n) is 16.9. The minimum atomic E-state index is -0.667. The molecular weight excluding hydrogens is 392 g/mol. The average Bonchev–Trinajstić information content (AvgIpc) is 3.13. The van der Waals surface area contributed by atoms with Crippen molar-refractivity contribution in [3.05, 3.63) is 59.2 Å². The molecule has 2 aromatic rings. The highest BCUT2D eigenvalue weighted by Crippen LogP contribution is 2.26. The van der Waals surface area contributed by atoms with Crippen molar-refractivity contribution < 1.29 is 33.4 Å². The van der Waals surface area contributed by atoms with E-state index in [0.29, 0.717) is 29.5 Å². The molecule has 0 spiro atoms. The number of methoxy groups -OCH3 is 3. The molecule has 0 radical (unpaired) electrons. The predicted molar refractivity (Wildman–Crippen MR) is 104 cm³/mol. The largest absolute Gasteiger partial charge is 0.469 e. The van der Waals surface area contributed by atoms with Gasteiger partial charge in [0.05, 0.1) is 26.9 Å². The molecule has 1 atom stereocenters. The van der Waals surface area contributed by atoms with Crippen LogP contribution in [0.2, 0.25) is 0 Å². The van der Waals surface area contributed by atoms with Crippen LogP contribution in [0.1, 0.15) is 38.3 Å². The highest BCUT2D eigenvalue weighted by molar-refractivity contribution is 6.12. The molecule has 30 heavy (non-hydrogen) atoms. The van der Waals surface area contributed by atoms with Gasteiger partial charge in [0.1, 0.15) is 5.92 Å². The summed E-state index contributed by atoms with van der Waals surface area (Å²) < 4.78 is 13.7. The number of Topliss-reactive ketones (excluding diaryl/α,β-unsaturated/α-hetero) is 1. The molecule has 2 heterocycles. The summed E-state index contributed by atoms with van der Waals surface area (Å²) in [4.78, 5) is 53.1. The molecule has 0 aromatic carbocycles. The van der Waals surface area contributed by atoms with Crippen LogP contribution in [0.5, 0.6) is 0 Å². The van der Waals surface area contributed by atoms with Crippen molar-refractivity contribution in [1.29, 1.82) is 0 Å². The van der Waals surface area contributed by atoms with E-state index in [9.17, 15) is 19.2 Å². The Hall–Kier alpha value is -3.62. The lowest BCUT2D eigenvalue weighted by molar-refractivity contribution is -0.143. The lowest BCUT2D eigenvalue weighted by Gasteiger charge is -2.05. The van der Waals surface area contributed by atoms with E-state index in [2.05, 4.69) is 24.2 Å². The zero-order chi connectivity index (χ0) is 22.1. The van der Waals surface area contributed by atoms with Gasteiger partial charge in [0.2, 0.25) is 0 Å². The van der Waals surface area contributed by atoms with Crippen LogP contribution in [0.15, 0.2) is 36.9 Å². The molecule has 0 N–H and O–H groups in total. The molecule has 0 bridgehead atoms. The fourth-order valence-electron chi connectivity index (χ4n) is 2.94. The maximum atomic E-state index is 11.7. The van der Waals surface area contributed by atoms with Gasteiger partial charge in [0.15, 0.2) is 5.78 Å². The van der Waals surface area contributed by atoms with Gasteiger partial charge in [-0.3, -0.25) is 24.4 Å². The number of carbonyl (C=O) groups excluding carboxylic acids is 4. The third kappa shape index (κ3) is 5.47. The van der Waals surface area contributed by atoms with Crippen LogP contribution in [0.3, 0.4) is 0 Å². The second-order valence-corrected chi connectivity index (χ2v) is 6.28. The number of carbonyl (C=O) groups is 4. The first-order valence-electron chi connectivity index (χ1n) is 9.05. The van der Waals surface area contributed by atoms with E-state index in [0.717, 1.165) is 5.56 Å². The van der Waals surface area contributed by atoms with Crippen LogP contribution in [0.4, 0.5) is 0 Å². The van der Waals surface area contributed by atoms with Gasteiger partial charge in [-0.1, -0.05) is 0 Å². The molecule has 3 rings (SSSR count). The van der Waals surface area contributed by atoms with E-state index < -0.39 is 17.9 Å². The monoisotopic (exact) mass is 414 g/mol. The summed E-state index contributed by atoms with van der Waals surface area (Å²) in [6, 6.07) is 3.21. The summed E-state index contributed by atoms with van der Waals surface area (Å²) in [5.74, 6) is -2.04. The normalized spacial score (nSPS) is 14.1. The number of pyridine rings is 2. The lowest BCUT2D eigenvalue weighted by atomic mass is 10.1. The van der Waals surface area contributed by atoms with Gasteiger partial charge in [0, 0.05) is 36.8 Å². The fraction of sp³-hybridized carbons (Fsp3) is 0.333. The average molecular weight is 414 g/mol. The Kier molecular flexibility index (Phi) is 8.16. The van der Waals surface area contributed by atoms with E-state index in [4.69, 9.17) is 0 Å². The van der Waals surface area contributed by atoms with Gasteiger partial charge < -0.3 is 14.2 Å². The van der Waals surface area contributed by atoms with Crippen LogP contribution in [0, 0.1) is 5.92 Å². The molecule has 158 valence electrons. The van der Waals surface area contributed by atoms with Gasteiger partial charge in [-0.25, -0.2) is 4.79 Å². The molecule has 0 saturated heterocycles. The van der Waals surface area contributed by atoms with Crippen molar-refractivity contribution >= 4 is 23.7 Å². The van der Waals surface area contributed by atoms with Gasteiger partial charge in [-0.2, -0.15) is 0 Å². The molecule has 0 fully saturated rings. The number of esters is 3. The second kappa shape index (κ2) is 10.8. The summed E-state index contributed by atoms with van der Waals surface area (Å²) in [6.45, 7) is 0. The van der Waals surface area contributed by atoms with Crippen molar-refractivity contribution in [3.8, 4) is 0 Å². The van der Waals surface area contributed by atoms with E-state index >= 15 is 0 Å². The zero-order valence-corrected chi connectivity index (χ0v) is 16.9. The first-order valence-corrected chi connectivity index (χ1v) is 9.05. The van der Waals surface area contributed by atoms with Crippen molar-refractivity contribution in [2.45, 2.75) is 19.3 Å². The molecule has 1 aliphatic rings. The van der Waals surface area contributed by atoms with Crippen LogP contribution in [-0.4, -0.2) is 55.0 Å². The summed E-state index contributed by atoms with van der Waals surface area (Å²) in [7, 11) is 3.93. The Labute approximate surface area is 173 Å². The van der Waals surface area contributed by atoms with Crippen LogP contribution in [-0.2, 0) is 36.6 Å². The summed E-state index contributed by atoms with van der Waals surface area (Å²) >= 11 is 0. The SMILES string of the molecule is COC(=O)C1Cc2cnccc2C1=O.COC(=O)CCc1cnccc1C(=O)OC. The molecule has 9 nitrogen and oxygen atoms in total. The molecule has 2 aromatic heterocycles. The van der Waals surface area contributed by atoms with Gasteiger partial charge in [-0.15, -0.1) is 0 Å². The number of aryl methyl sites for hydroxylation is 1. The number of hydrogen-bond acceptors (Lipinski definition) is 9. The number of hydrogen-bond donors (Lipinski definition) is 0.